The molecule has 6 heteroatoms. The third-order valence-electron chi connectivity index (χ3n) is 2.64. The normalized spacial score (nSPS) is 11.4. The van der Waals surface area contributed by atoms with Crippen molar-refractivity contribution in [1.29, 1.82) is 0 Å². The maximum Gasteiger partial charge on any atom is 0.271 e. The van der Waals surface area contributed by atoms with E-state index in [0.717, 1.165) is 0 Å². The van der Waals surface area contributed by atoms with Gasteiger partial charge in [-0.1, -0.05) is 0 Å². The quantitative estimate of drug-likeness (QED) is 0.575. The second-order valence-corrected chi connectivity index (χ2v) is 3.93. The first kappa shape index (κ1) is 11.2. The summed E-state index contributed by atoms with van der Waals surface area (Å²) in [7, 11) is 0. The number of nitrogens with zero attached hydrogens (tertiary/aromatic N) is 2. The fourth-order valence-electron chi connectivity index (χ4n) is 1.76. The summed E-state index contributed by atoms with van der Waals surface area (Å²) in [6, 6.07) is 8.13. The lowest BCUT2D eigenvalue weighted by Gasteiger charge is -1.89. The summed E-state index contributed by atoms with van der Waals surface area (Å²) in [5.41, 5.74) is 1.36. The highest BCUT2D eigenvalue weighted by atomic mass is 16.6. The second-order valence-electron chi connectivity index (χ2n) is 3.93. The number of aromatic amines is 1. The van der Waals surface area contributed by atoms with Gasteiger partial charge in [-0.25, -0.2) is 4.98 Å². The SMILES string of the molecule is O=[N+]([O-])c1ccc2nc(/C=C/c3ccco3)[nH]c2c1. The van der Waals surface area contributed by atoms with E-state index >= 15 is 0 Å². The monoisotopic (exact) mass is 255 g/mol. The maximum atomic E-state index is 10.7. The highest BCUT2D eigenvalue weighted by molar-refractivity contribution is 5.80. The minimum Gasteiger partial charge on any atom is -0.465 e. The van der Waals surface area contributed by atoms with Crippen molar-refractivity contribution in [2.45, 2.75) is 0 Å². The van der Waals surface area contributed by atoms with Gasteiger partial charge in [0.1, 0.15) is 11.6 Å². The van der Waals surface area contributed by atoms with Crippen LogP contribution in [0.25, 0.3) is 23.2 Å². The van der Waals surface area contributed by atoms with E-state index in [1.54, 1.807) is 30.5 Å². The van der Waals surface area contributed by atoms with Gasteiger partial charge < -0.3 is 9.40 Å². The first-order valence-electron chi connectivity index (χ1n) is 5.58. The topological polar surface area (TPSA) is 85.0 Å². The zero-order valence-electron chi connectivity index (χ0n) is 9.74. The third kappa shape index (κ3) is 2.23. The first-order chi connectivity index (χ1) is 9.22. The Hall–Kier alpha value is -2.89. The van der Waals surface area contributed by atoms with E-state index in [1.165, 1.54) is 12.1 Å². The lowest BCUT2D eigenvalue weighted by molar-refractivity contribution is -0.384. The number of furan rings is 1. The standard InChI is InChI=1S/C13H9N3O3/c17-16(18)9-3-5-11-12(8-9)15-13(14-11)6-4-10-2-1-7-19-10/h1-8H,(H,14,15)/b6-4+. The van der Waals surface area contributed by atoms with Gasteiger partial charge in [-0.2, -0.15) is 0 Å². The van der Waals surface area contributed by atoms with Crippen molar-refractivity contribution in [3.8, 4) is 0 Å². The van der Waals surface area contributed by atoms with Crippen LogP contribution in [0.3, 0.4) is 0 Å². The summed E-state index contributed by atoms with van der Waals surface area (Å²) in [6.07, 6.45) is 5.11. The van der Waals surface area contributed by atoms with Crippen LogP contribution in [0.4, 0.5) is 5.69 Å². The molecule has 0 amide bonds. The van der Waals surface area contributed by atoms with Crippen LogP contribution in [0.15, 0.2) is 41.0 Å². The van der Waals surface area contributed by atoms with Crippen LogP contribution in [-0.4, -0.2) is 14.9 Å². The van der Waals surface area contributed by atoms with Crippen LogP contribution >= 0.6 is 0 Å². The summed E-state index contributed by atoms with van der Waals surface area (Å²) in [6.45, 7) is 0. The molecule has 1 N–H and O–H groups in total. The number of nitro groups is 1. The molecular weight excluding hydrogens is 246 g/mol. The molecule has 0 spiro atoms. The number of hydrogen-bond donors (Lipinski definition) is 1. The number of fused-ring (bicyclic) bond motifs is 1. The largest absolute Gasteiger partial charge is 0.465 e. The van der Waals surface area contributed by atoms with Gasteiger partial charge in [-0.3, -0.25) is 10.1 Å². The van der Waals surface area contributed by atoms with Crippen molar-refractivity contribution in [2.75, 3.05) is 0 Å². The average Bonchev–Trinajstić information content (AvgIpc) is 3.04. The van der Waals surface area contributed by atoms with E-state index in [4.69, 9.17) is 4.42 Å². The van der Waals surface area contributed by atoms with Crippen molar-refractivity contribution >= 4 is 28.9 Å². The molecule has 0 aliphatic carbocycles. The number of hydrogen-bond acceptors (Lipinski definition) is 4. The Bertz CT molecular complexity index is 757. The van der Waals surface area contributed by atoms with Crippen LogP contribution in [-0.2, 0) is 0 Å². The van der Waals surface area contributed by atoms with Crippen LogP contribution in [0.1, 0.15) is 11.6 Å². The molecule has 0 bridgehead atoms. The Kier molecular flexibility index (Phi) is 2.60. The number of nitrogens with one attached hydrogen (secondary N) is 1. The minimum atomic E-state index is -0.432. The summed E-state index contributed by atoms with van der Waals surface area (Å²) >= 11 is 0. The van der Waals surface area contributed by atoms with Gasteiger partial charge in [0, 0.05) is 12.1 Å². The van der Waals surface area contributed by atoms with Crippen LogP contribution in [0.5, 0.6) is 0 Å². The molecule has 19 heavy (non-hydrogen) atoms. The fraction of sp³-hybridized carbons (Fsp3) is 0. The Labute approximate surface area is 107 Å². The molecule has 2 heterocycles. The highest BCUT2D eigenvalue weighted by Gasteiger charge is 2.08. The Morgan fingerprint density at radius 3 is 2.95 bits per heavy atom. The number of nitro benzene ring substituents is 1. The molecule has 0 saturated heterocycles. The molecule has 0 aliphatic rings. The minimum absolute atomic E-state index is 0.0396. The summed E-state index contributed by atoms with van der Waals surface area (Å²) in [4.78, 5) is 17.6. The predicted molar refractivity (Wildman–Crippen MR) is 70.4 cm³/mol. The lowest BCUT2D eigenvalue weighted by Crippen LogP contribution is -1.86. The van der Waals surface area contributed by atoms with Crippen molar-refractivity contribution in [1.82, 2.24) is 9.97 Å². The number of imidazole rings is 1. The molecule has 1 aromatic carbocycles. The summed E-state index contributed by atoms with van der Waals surface area (Å²) in [5.74, 6) is 1.33. The highest BCUT2D eigenvalue weighted by Crippen LogP contribution is 2.19. The van der Waals surface area contributed by atoms with E-state index in [-0.39, 0.29) is 5.69 Å². The Morgan fingerprint density at radius 2 is 2.21 bits per heavy atom. The van der Waals surface area contributed by atoms with Gasteiger partial charge >= 0.3 is 0 Å². The fourth-order valence-corrected chi connectivity index (χ4v) is 1.76. The predicted octanol–water partition coefficient (Wildman–Crippen LogP) is 3.23. The number of benzene rings is 1. The van der Waals surface area contributed by atoms with E-state index < -0.39 is 4.92 Å². The first-order valence-corrected chi connectivity index (χ1v) is 5.58. The van der Waals surface area contributed by atoms with Crippen LogP contribution in [0.2, 0.25) is 0 Å². The third-order valence-corrected chi connectivity index (χ3v) is 2.64. The van der Waals surface area contributed by atoms with E-state index in [2.05, 4.69) is 9.97 Å². The molecule has 94 valence electrons. The molecule has 0 atom stereocenters. The molecule has 0 unspecified atom stereocenters. The van der Waals surface area contributed by atoms with Gasteiger partial charge in [0.2, 0.25) is 0 Å². The van der Waals surface area contributed by atoms with Crippen molar-refractivity contribution in [2.24, 2.45) is 0 Å². The molecule has 0 radical (unpaired) electrons. The number of H-pyrrole nitrogens is 1. The molecule has 6 nitrogen and oxygen atoms in total. The molecule has 3 aromatic rings. The number of non-ortho nitro benzene ring substituents is 1. The smallest absolute Gasteiger partial charge is 0.271 e. The zero-order valence-corrected chi connectivity index (χ0v) is 9.74. The van der Waals surface area contributed by atoms with Crippen LogP contribution < -0.4 is 0 Å². The van der Waals surface area contributed by atoms with Gasteiger partial charge in [0.15, 0.2) is 0 Å². The van der Waals surface area contributed by atoms with Gasteiger partial charge in [-0.15, -0.1) is 0 Å². The second kappa shape index (κ2) is 4.41. The van der Waals surface area contributed by atoms with Crippen molar-refractivity contribution < 1.29 is 9.34 Å². The zero-order chi connectivity index (χ0) is 13.2. The van der Waals surface area contributed by atoms with Gasteiger partial charge in [0.05, 0.1) is 22.2 Å². The molecule has 0 saturated carbocycles. The van der Waals surface area contributed by atoms with E-state index in [1.807, 2.05) is 6.07 Å². The van der Waals surface area contributed by atoms with Gasteiger partial charge in [-0.05, 0) is 30.4 Å². The van der Waals surface area contributed by atoms with E-state index in [0.29, 0.717) is 22.6 Å². The van der Waals surface area contributed by atoms with E-state index in [9.17, 15) is 10.1 Å². The maximum absolute atomic E-state index is 10.7. The molecule has 3 rings (SSSR count). The molecule has 0 aliphatic heterocycles. The van der Waals surface area contributed by atoms with Gasteiger partial charge in [0.25, 0.3) is 5.69 Å². The lowest BCUT2D eigenvalue weighted by atomic mass is 10.3. The summed E-state index contributed by atoms with van der Waals surface area (Å²) < 4.78 is 5.16. The Balaban J connectivity index is 1.95. The van der Waals surface area contributed by atoms with Crippen molar-refractivity contribution in [3.05, 3.63) is 58.3 Å². The number of aromatic nitrogens is 2. The number of rotatable bonds is 3. The van der Waals surface area contributed by atoms with Crippen LogP contribution in [0, 0.1) is 10.1 Å². The molecule has 2 aromatic heterocycles. The Morgan fingerprint density at radius 1 is 1.32 bits per heavy atom. The van der Waals surface area contributed by atoms with Crippen molar-refractivity contribution in [3.63, 3.8) is 0 Å². The molecular formula is C13H9N3O3. The average molecular weight is 255 g/mol. The summed E-state index contributed by atoms with van der Waals surface area (Å²) in [5, 5.41) is 10.7. The molecule has 0 fully saturated rings.